The van der Waals surface area contributed by atoms with Crippen LogP contribution >= 0.6 is 0 Å². The summed E-state index contributed by atoms with van der Waals surface area (Å²) in [6, 6.07) is 6.68. The third-order valence-electron chi connectivity index (χ3n) is 10.1. The average molecular weight is 656 g/mol. The number of benzene rings is 1. The number of Topliss-reactive ketones (excluding diaryl/α,β-unsaturated/α-hetero) is 2. The molecule has 1 aliphatic heterocycles. The van der Waals surface area contributed by atoms with Gasteiger partial charge in [-0.3, -0.25) is 14.4 Å². The topological polar surface area (TPSA) is 120 Å². The van der Waals surface area contributed by atoms with Gasteiger partial charge in [-0.1, -0.05) is 64.3 Å². The Morgan fingerprint density at radius 1 is 1.06 bits per heavy atom. The van der Waals surface area contributed by atoms with Crippen LogP contribution < -0.4 is 21.3 Å². The van der Waals surface area contributed by atoms with E-state index < -0.39 is 23.8 Å². The van der Waals surface area contributed by atoms with Gasteiger partial charge >= 0.3 is 0 Å². The Hall–Kier alpha value is -4.32. The van der Waals surface area contributed by atoms with Crippen molar-refractivity contribution in [3.63, 3.8) is 0 Å². The molecule has 2 aliphatic carbocycles. The van der Waals surface area contributed by atoms with Gasteiger partial charge in [-0.15, -0.1) is 18.9 Å². The van der Waals surface area contributed by atoms with Crippen molar-refractivity contribution in [1.29, 1.82) is 0 Å². The van der Waals surface area contributed by atoms with E-state index in [9.17, 15) is 19.2 Å². The van der Waals surface area contributed by atoms with Gasteiger partial charge < -0.3 is 31.0 Å². The molecule has 6 atom stereocenters. The first-order chi connectivity index (χ1) is 22.7. The lowest BCUT2D eigenvalue weighted by Gasteiger charge is -2.39. The van der Waals surface area contributed by atoms with Crippen molar-refractivity contribution in [3.8, 4) is 12.3 Å². The molecular weight excluding hydrogens is 602 g/mol. The molecule has 0 radical (unpaired) electrons. The third kappa shape index (κ3) is 8.97. The zero-order valence-electron chi connectivity index (χ0n) is 29.1. The molecule has 1 heterocycles. The van der Waals surface area contributed by atoms with Crippen LogP contribution in [0, 0.1) is 35.5 Å². The van der Waals surface area contributed by atoms with E-state index in [0.29, 0.717) is 31.1 Å². The number of carbonyl (C=O) groups is 4. The van der Waals surface area contributed by atoms with Crippen LogP contribution in [-0.4, -0.2) is 65.5 Å². The smallest absolute Gasteiger partial charge is 0.289 e. The summed E-state index contributed by atoms with van der Waals surface area (Å²) in [5.74, 6) is 2.18. The highest BCUT2D eigenvalue weighted by atomic mass is 16.2. The predicted octanol–water partition coefficient (Wildman–Crippen LogP) is 3.81. The third-order valence-corrected chi connectivity index (χ3v) is 10.1. The van der Waals surface area contributed by atoms with Crippen molar-refractivity contribution in [2.75, 3.05) is 13.1 Å². The maximum absolute atomic E-state index is 14.0. The first-order valence-corrected chi connectivity index (χ1v) is 17.2. The molecule has 1 saturated carbocycles. The predicted molar refractivity (Wildman–Crippen MR) is 189 cm³/mol. The largest absolute Gasteiger partial charge is 0.369 e. The van der Waals surface area contributed by atoms with Crippen LogP contribution in [0.1, 0.15) is 70.9 Å². The van der Waals surface area contributed by atoms with Crippen LogP contribution in [-0.2, 0) is 32.0 Å². The Morgan fingerprint density at radius 2 is 1.73 bits per heavy atom. The minimum Gasteiger partial charge on any atom is -0.369 e. The molecule has 258 valence electrons. The number of ketones is 2. The Labute approximate surface area is 286 Å². The molecule has 2 amide bonds. The van der Waals surface area contributed by atoms with Crippen molar-refractivity contribution >= 4 is 23.4 Å². The lowest BCUT2D eigenvalue weighted by Crippen LogP contribution is -2.55. The average Bonchev–Trinajstić information content (AvgIpc) is 3.48. The van der Waals surface area contributed by atoms with E-state index in [1.54, 1.807) is 6.92 Å². The van der Waals surface area contributed by atoms with E-state index in [1.165, 1.54) is 17.2 Å². The van der Waals surface area contributed by atoms with Gasteiger partial charge in [0, 0.05) is 37.7 Å². The number of piperidine rings is 1. The van der Waals surface area contributed by atoms with E-state index in [1.807, 2.05) is 0 Å². The minimum atomic E-state index is -1.03. The summed E-state index contributed by atoms with van der Waals surface area (Å²) in [5.41, 5.74) is 3.29. The van der Waals surface area contributed by atoms with Crippen LogP contribution in [0.3, 0.4) is 0 Å². The number of hydrogen-bond donors (Lipinski definition) is 4. The summed E-state index contributed by atoms with van der Waals surface area (Å²) in [4.78, 5) is 53.5. The van der Waals surface area contributed by atoms with E-state index in [4.69, 9.17) is 6.42 Å². The number of likely N-dealkylation sites (tertiary alicyclic amines) is 1. The second-order valence-electron chi connectivity index (χ2n) is 14.8. The monoisotopic (exact) mass is 655 g/mol. The second kappa shape index (κ2) is 15.7. The van der Waals surface area contributed by atoms with Gasteiger partial charge in [-0.2, -0.15) is 0 Å². The number of fused-ring (bicyclic) bond motifs is 2. The molecule has 0 aromatic heterocycles. The number of carbonyl (C=O) groups excluding carboxylic acids is 4. The molecule has 4 unspecified atom stereocenters. The summed E-state index contributed by atoms with van der Waals surface area (Å²) < 4.78 is 0. The van der Waals surface area contributed by atoms with Crippen LogP contribution in [0.2, 0.25) is 0 Å². The maximum atomic E-state index is 14.0. The molecule has 4 rings (SSSR count). The highest BCUT2D eigenvalue weighted by Crippen LogP contribution is 2.51. The van der Waals surface area contributed by atoms with Gasteiger partial charge in [-0.05, 0) is 73.3 Å². The molecule has 1 aromatic rings. The highest BCUT2D eigenvalue weighted by Gasteiger charge is 2.57. The van der Waals surface area contributed by atoms with E-state index in [-0.39, 0.29) is 60.4 Å². The number of rotatable bonds is 18. The van der Waals surface area contributed by atoms with Crippen LogP contribution in [0.5, 0.6) is 0 Å². The Balaban J connectivity index is 1.55. The number of terminal acetylenes is 1. The number of amides is 2. The molecular formula is C39H53N5O4. The molecule has 1 saturated heterocycles. The van der Waals surface area contributed by atoms with Crippen molar-refractivity contribution in [2.24, 2.45) is 23.2 Å². The van der Waals surface area contributed by atoms with Gasteiger partial charge in [0.15, 0.2) is 0 Å². The quantitative estimate of drug-likeness (QED) is 0.108. The van der Waals surface area contributed by atoms with Crippen molar-refractivity contribution in [2.45, 2.75) is 96.8 Å². The minimum absolute atomic E-state index is 0.00945. The summed E-state index contributed by atoms with van der Waals surface area (Å²) in [7, 11) is 0. The zero-order chi connectivity index (χ0) is 35.2. The van der Waals surface area contributed by atoms with Gasteiger partial charge in [-0.25, -0.2) is 0 Å². The Kier molecular flexibility index (Phi) is 12.0. The summed E-state index contributed by atoms with van der Waals surface area (Å²) in [5, 5.41) is 12.6. The molecule has 1 aromatic carbocycles. The molecule has 4 N–H and O–H groups in total. The lowest BCUT2D eigenvalue weighted by atomic mass is 9.83. The summed E-state index contributed by atoms with van der Waals surface area (Å²) in [6.45, 7) is 21.4. The fraction of sp³-hybridized carbons (Fsp3) is 0.538. The number of hydrogen-bond acceptors (Lipinski definition) is 7. The fourth-order valence-corrected chi connectivity index (χ4v) is 7.25. The standard InChI is InChI=1S/C39H53N5O4/c1-9-11-16-32(36(46)38(48)40-19-10-2)43-37(47)35-31-22-30(31)23-44(35)25(4)34(29-20-27-14-12-13-15-28(27)21-29)42-26(5)41-33(39(6,7)8)18-17-24(3)45/h1,10,12-15,29-35,41-42H,2,4-5,11,16-23H2,3,6-8H3,(H,40,48)(H,43,47)/t30-,31-,32?,33?,34?,35?/m0/s1. The van der Waals surface area contributed by atoms with Crippen LogP contribution in [0.15, 0.2) is 61.6 Å². The van der Waals surface area contributed by atoms with Crippen LogP contribution in [0.25, 0.3) is 0 Å². The summed E-state index contributed by atoms with van der Waals surface area (Å²) in [6.07, 6.45) is 11.2. The van der Waals surface area contributed by atoms with Gasteiger partial charge in [0.25, 0.3) is 5.91 Å². The van der Waals surface area contributed by atoms with Gasteiger partial charge in [0.2, 0.25) is 11.7 Å². The first kappa shape index (κ1) is 36.5. The SMILES string of the molecule is C#CCCC(NC(=O)C1[C@H]2C[C@H]2CN1C(=C)C(NC(=C)NC(CCC(C)=O)C(C)(C)C)C1Cc2ccccc2C1)C(=O)C(=O)NCC=C. The zero-order valence-corrected chi connectivity index (χ0v) is 29.1. The van der Waals surface area contributed by atoms with Gasteiger partial charge in [0.1, 0.15) is 11.8 Å². The second-order valence-corrected chi connectivity index (χ2v) is 14.8. The molecule has 2 fully saturated rings. The number of nitrogens with zero attached hydrogens (tertiary/aromatic N) is 1. The molecule has 0 bridgehead atoms. The van der Waals surface area contributed by atoms with Crippen molar-refractivity contribution in [3.05, 3.63) is 72.7 Å². The van der Waals surface area contributed by atoms with E-state index in [0.717, 1.165) is 25.0 Å². The lowest BCUT2D eigenvalue weighted by molar-refractivity contribution is -0.140. The normalized spacial score (nSPS) is 21.4. The molecule has 48 heavy (non-hydrogen) atoms. The van der Waals surface area contributed by atoms with E-state index in [2.05, 4.69) is 96.9 Å². The fourth-order valence-electron chi connectivity index (χ4n) is 7.25. The molecule has 9 heteroatoms. The molecule has 0 spiro atoms. The first-order valence-electron chi connectivity index (χ1n) is 17.2. The number of nitrogens with one attached hydrogen (secondary N) is 4. The maximum Gasteiger partial charge on any atom is 0.289 e. The Bertz CT molecular complexity index is 1440. The van der Waals surface area contributed by atoms with Crippen molar-refractivity contribution in [1.82, 2.24) is 26.2 Å². The van der Waals surface area contributed by atoms with Gasteiger partial charge in [0.05, 0.1) is 17.9 Å². The van der Waals surface area contributed by atoms with Crippen molar-refractivity contribution < 1.29 is 19.2 Å². The summed E-state index contributed by atoms with van der Waals surface area (Å²) >= 11 is 0. The molecule has 3 aliphatic rings. The van der Waals surface area contributed by atoms with Crippen LogP contribution in [0.4, 0.5) is 0 Å². The Morgan fingerprint density at radius 3 is 2.31 bits per heavy atom. The molecule has 9 nitrogen and oxygen atoms in total. The van der Waals surface area contributed by atoms with E-state index >= 15 is 0 Å². The highest BCUT2D eigenvalue weighted by molar-refractivity contribution is 6.38.